The number of rotatable bonds is 11. The molecule has 1 aliphatic heterocycles. The second kappa shape index (κ2) is 20.1. The van der Waals surface area contributed by atoms with E-state index < -0.39 is 17.9 Å². The number of alkyl carbamates (subject to hydrolysis) is 1. The zero-order chi connectivity index (χ0) is 40.9. The maximum atomic E-state index is 13.9. The minimum absolute atomic E-state index is 0.0379. The molecule has 298 valence electrons. The number of likely N-dealkylation sites (N-methyl/N-ethyl adjacent to an activating group) is 2. The number of halogens is 3. The molecule has 0 aliphatic carbocycles. The summed E-state index contributed by atoms with van der Waals surface area (Å²) < 4.78 is 49.9. The van der Waals surface area contributed by atoms with E-state index in [4.69, 9.17) is 4.79 Å². The number of H-pyrrole nitrogens is 2. The lowest BCUT2D eigenvalue weighted by Crippen LogP contribution is -2.42. The van der Waals surface area contributed by atoms with Crippen LogP contribution in [0.15, 0.2) is 54.7 Å². The lowest BCUT2D eigenvalue weighted by Gasteiger charge is -2.26. The number of carbonyl (C=O) groups excluding carboxylic acids is 4. The highest BCUT2D eigenvalue weighted by molar-refractivity contribution is 5.81. The largest absolute Gasteiger partial charge is 0.471 e. The van der Waals surface area contributed by atoms with E-state index in [9.17, 15) is 27.6 Å². The van der Waals surface area contributed by atoms with Gasteiger partial charge in [-0.2, -0.15) is 13.2 Å². The average Bonchev–Trinajstić information content (AvgIpc) is 3.97. The Morgan fingerprint density at radius 3 is 2.00 bits per heavy atom. The Balaban J connectivity index is 0.000000588. The maximum absolute atomic E-state index is 13.9. The van der Waals surface area contributed by atoms with Crippen molar-refractivity contribution in [2.75, 3.05) is 34.9 Å². The van der Waals surface area contributed by atoms with Gasteiger partial charge in [-0.15, -0.1) is 0 Å². The third-order valence-corrected chi connectivity index (χ3v) is 8.85. The molecule has 0 bridgehead atoms. The van der Waals surface area contributed by atoms with Crippen LogP contribution in [0.2, 0.25) is 0 Å². The number of hydrogen-bond donors (Lipinski definition) is 4. The van der Waals surface area contributed by atoms with Crippen LogP contribution in [0.5, 0.6) is 0 Å². The van der Waals surface area contributed by atoms with Crippen molar-refractivity contribution in [3.63, 3.8) is 0 Å². The Hall–Kier alpha value is -5.71. The molecule has 4 N–H and O–H groups in total. The van der Waals surface area contributed by atoms with Crippen molar-refractivity contribution in [2.24, 2.45) is 0 Å². The topological polar surface area (TPSA) is 175 Å². The summed E-state index contributed by atoms with van der Waals surface area (Å²) in [5.74, 6) is 0.776. The molecule has 55 heavy (non-hydrogen) atoms. The quantitative estimate of drug-likeness (QED) is 0.131. The fourth-order valence-electron chi connectivity index (χ4n) is 5.63. The highest BCUT2D eigenvalue weighted by atomic mass is 19.4. The Morgan fingerprint density at radius 2 is 1.53 bits per heavy atom. The van der Waals surface area contributed by atoms with E-state index in [2.05, 4.69) is 40.0 Å². The van der Waals surface area contributed by atoms with Gasteiger partial charge in [-0.25, -0.2) is 14.8 Å². The number of alkyl halides is 3. The number of nitrogens with one attached hydrogen (secondary N) is 4. The standard InChI is InChI=1S/C31H34F3N7O2.C5H11NO2.C2H4O2/c1-18(35-3)30(43)40(4)19(2)28-36-16-24(37-28)22-11-7-20(8-12-22)21-9-13-23(14-10-21)26-27(31(32,33)34)39-29(38-26)25-6-5-15-41(25)17-42;1-4(2)6-5(7)8-3;1-4-2-3/h7-14,16-19,25,35H,5-6,15H2,1-4H3,(H,36,37)(H,38,39);4H,1-3H3,(H,6,7);2H,1H3/t18-,19-,25-;;/m0../s1. The van der Waals surface area contributed by atoms with E-state index in [1.807, 2.05) is 52.0 Å². The van der Waals surface area contributed by atoms with Gasteiger partial charge in [-0.05, 0) is 64.3 Å². The molecule has 14 nitrogen and oxygen atoms in total. The van der Waals surface area contributed by atoms with Crippen LogP contribution in [0.25, 0.3) is 33.6 Å². The number of ether oxygens (including phenoxy) is 2. The molecule has 1 fully saturated rings. The summed E-state index contributed by atoms with van der Waals surface area (Å²) in [5.41, 5.74) is 2.66. The summed E-state index contributed by atoms with van der Waals surface area (Å²) >= 11 is 0. The monoisotopic (exact) mass is 770 g/mol. The summed E-state index contributed by atoms with van der Waals surface area (Å²) in [6.07, 6.45) is -1.34. The molecule has 0 spiro atoms. The van der Waals surface area contributed by atoms with Gasteiger partial charge in [-0.1, -0.05) is 48.5 Å². The predicted molar refractivity (Wildman–Crippen MR) is 200 cm³/mol. The highest BCUT2D eigenvalue weighted by Crippen LogP contribution is 2.39. The normalized spacial score (nSPS) is 14.8. The third-order valence-electron chi connectivity index (χ3n) is 8.85. The van der Waals surface area contributed by atoms with Crippen LogP contribution >= 0.6 is 0 Å². The number of aromatic amines is 2. The molecule has 5 rings (SSSR count). The van der Waals surface area contributed by atoms with E-state index in [-0.39, 0.29) is 41.6 Å². The van der Waals surface area contributed by atoms with Crippen molar-refractivity contribution >= 4 is 24.9 Å². The molecule has 4 aromatic rings. The summed E-state index contributed by atoms with van der Waals surface area (Å²) in [7, 11) is 6.14. The minimum atomic E-state index is -4.62. The average molecular weight is 771 g/mol. The number of imidazole rings is 2. The first-order valence-electron chi connectivity index (χ1n) is 17.5. The number of nitrogens with zero attached hydrogens (tertiary/aromatic N) is 4. The Morgan fingerprint density at radius 1 is 0.964 bits per heavy atom. The van der Waals surface area contributed by atoms with Crippen molar-refractivity contribution in [3.8, 4) is 33.6 Å². The second-order valence-electron chi connectivity index (χ2n) is 12.9. The molecule has 2 aromatic heterocycles. The van der Waals surface area contributed by atoms with E-state index in [0.29, 0.717) is 43.7 Å². The van der Waals surface area contributed by atoms with Crippen molar-refractivity contribution in [1.82, 2.24) is 40.4 Å². The lowest BCUT2D eigenvalue weighted by atomic mass is 10.0. The van der Waals surface area contributed by atoms with Gasteiger partial charge in [0.25, 0.3) is 6.47 Å². The predicted octanol–water partition coefficient (Wildman–Crippen LogP) is 6.11. The fraction of sp³-hybridized carbons (Fsp3) is 0.421. The zero-order valence-electron chi connectivity index (χ0n) is 32.2. The highest BCUT2D eigenvalue weighted by Gasteiger charge is 2.39. The number of benzene rings is 2. The summed E-state index contributed by atoms with van der Waals surface area (Å²) in [5, 5.41) is 5.48. The van der Waals surface area contributed by atoms with Crippen LogP contribution in [-0.2, 0) is 30.0 Å². The molecular weight excluding hydrogens is 721 g/mol. The van der Waals surface area contributed by atoms with Crippen LogP contribution in [0.3, 0.4) is 0 Å². The van der Waals surface area contributed by atoms with Crippen LogP contribution in [-0.4, -0.2) is 102 Å². The van der Waals surface area contributed by atoms with Gasteiger partial charge in [-0.3, -0.25) is 14.4 Å². The van der Waals surface area contributed by atoms with Gasteiger partial charge in [0.05, 0.1) is 44.2 Å². The molecule has 3 atom stereocenters. The van der Waals surface area contributed by atoms with Gasteiger partial charge in [0.1, 0.15) is 23.0 Å². The SMILES string of the molecule is CN[C@@H](C)C(=O)N(C)[C@@H](C)c1ncc(-c2ccc(-c3ccc(-c4nc([C@@H]5CCCN5C=O)[nH]c4C(F)(F)F)cc3)cc2)[nH]1.COC(=O)NC(C)C.COC=O. The molecule has 3 heterocycles. The second-order valence-corrected chi connectivity index (χ2v) is 12.9. The van der Waals surface area contributed by atoms with Crippen molar-refractivity contribution in [2.45, 2.75) is 70.9 Å². The van der Waals surface area contributed by atoms with Gasteiger partial charge in [0.2, 0.25) is 12.3 Å². The van der Waals surface area contributed by atoms with E-state index in [1.165, 1.54) is 19.1 Å². The van der Waals surface area contributed by atoms with Crippen molar-refractivity contribution in [3.05, 3.63) is 72.1 Å². The maximum Gasteiger partial charge on any atom is 0.433 e. The molecule has 1 saturated heterocycles. The number of carbonyl (C=O) groups is 4. The Kier molecular flexibility index (Phi) is 16.0. The van der Waals surface area contributed by atoms with Gasteiger partial charge in [0, 0.05) is 25.2 Å². The molecule has 0 radical (unpaired) electrons. The lowest BCUT2D eigenvalue weighted by molar-refractivity contribution is -0.140. The number of aromatic nitrogens is 4. The van der Waals surface area contributed by atoms with Crippen LogP contribution in [0.1, 0.15) is 70.0 Å². The van der Waals surface area contributed by atoms with Crippen LogP contribution in [0.4, 0.5) is 18.0 Å². The minimum Gasteiger partial charge on any atom is -0.471 e. The van der Waals surface area contributed by atoms with E-state index in [0.717, 1.165) is 22.4 Å². The Bertz CT molecular complexity index is 1840. The fourth-order valence-corrected chi connectivity index (χ4v) is 5.63. The van der Waals surface area contributed by atoms with E-state index in [1.54, 1.807) is 49.5 Å². The van der Waals surface area contributed by atoms with Crippen molar-refractivity contribution < 1.29 is 41.8 Å². The molecule has 3 amide bonds. The van der Waals surface area contributed by atoms with Gasteiger partial charge < -0.3 is 39.9 Å². The molecule has 2 aromatic carbocycles. The summed E-state index contributed by atoms with van der Waals surface area (Å²) in [6, 6.07) is 13.6. The summed E-state index contributed by atoms with van der Waals surface area (Å²) in [4.78, 5) is 60.8. The molecule has 0 saturated carbocycles. The first-order valence-corrected chi connectivity index (χ1v) is 17.5. The molecule has 17 heteroatoms. The summed E-state index contributed by atoms with van der Waals surface area (Å²) in [6.45, 7) is 8.33. The molecular formula is C38H49F3N8O6. The molecule has 1 aliphatic rings. The number of amides is 3. The zero-order valence-corrected chi connectivity index (χ0v) is 32.2. The van der Waals surface area contributed by atoms with Crippen molar-refractivity contribution in [1.29, 1.82) is 0 Å². The number of likely N-dealkylation sites (tertiary alicyclic amines) is 1. The Labute approximate surface area is 318 Å². The van der Waals surface area contributed by atoms with Crippen LogP contribution < -0.4 is 10.6 Å². The smallest absolute Gasteiger partial charge is 0.433 e. The first kappa shape index (κ1) is 43.7. The molecule has 0 unspecified atom stereocenters. The van der Waals surface area contributed by atoms with Gasteiger partial charge >= 0.3 is 12.3 Å². The number of hydrogen-bond acceptors (Lipinski definition) is 9. The first-order chi connectivity index (χ1) is 26.1. The van der Waals surface area contributed by atoms with Gasteiger partial charge in [0.15, 0.2) is 0 Å². The van der Waals surface area contributed by atoms with E-state index >= 15 is 0 Å². The third kappa shape index (κ3) is 11.6. The number of methoxy groups -OCH3 is 2. The van der Waals surface area contributed by atoms with Crippen LogP contribution in [0, 0.1) is 0 Å².